The molecule has 3 aromatic rings. The molecule has 1 aromatic carbocycles. The van der Waals surface area contributed by atoms with Gasteiger partial charge in [0.05, 0.1) is 42.7 Å². The molecule has 0 unspecified atom stereocenters. The van der Waals surface area contributed by atoms with Gasteiger partial charge >= 0.3 is 6.09 Å². The monoisotopic (exact) mass is 508 g/mol. The lowest BCUT2D eigenvalue weighted by atomic mass is 10.1. The SMILES string of the molecule is COc1nc(C)c(Nc2nc(Cl)cn([C@H](CN(C(=O)O)c3cccc(C#N)c3)C3CC3)c2=O)cc1C. The number of pyridine rings is 1. The summed E-state index contributed by atoms with van der Waals surface area (Å²) < 4.78 is 6.71. The average molecular weight is 509 g/mol. The molecule has 1 atom stereocenters. The number of nitrogens with one attached hydrogen (secondary N) is 1. The summed E-state index contributed by atoms with van der Waals surface area (Å²) in [7, 11) is 1.54. The number of halogens is 1. The molecule has 0 radical (unpaired) electrons. The van der Waals surface area contributed by atoms with Crippen molar-refractivity contribution in [2.75, 3.05) is 23.9 Å². The number of aromatic nitrogens is 3. The summed E-state index contributed by atoms with van der Waals surface area (Å²) in [4.78, 5) is 35.4. The number of methoxy groups -OCH3 is 1. The number of anilines is 3. The highest BCUT2D eigenvalue weighted by molar-refractivity contribution is 6.29. The van der Waals surface area contributed by atoms with Crippen molar-refractivity contribution in [3.05, 3.63) is 68.9 Å². The molecule has 0 saturated heterocycles. The molecule has 10 nitrogen and oxygen atoms in total. The number of nitriles is 1. The molecule has 0 aliphatic heterocycles. The quantitative estimate of drug-likeness (QED) is 0.448. The van der Waals surface area contributed by atoms with Crippen LogP contribution in [0.5, 0.6) is 5.88 Å². The van der Waals surface area contributed by atoms with Crippen LogP contribution in [0.3, 0.4) is 0 Å². The summed E-state index contributed by atoms with van der Waals surface area (Å²) in [5.74, 6) is 0.593. The Balaban J connectivity index is 1.71. The smallest absolute Gasteiger partial charge is 0.411 e. The summed E-state index contributed by atoms with van der Waals surface area (Å²) in [6.45, 7) is 3.63. The van der Waals surface area contributed by atoms with Gasteiger partial charge in [0.15, 0.2) is 5.82 Å². The maximum absolute atomic E-state index is 13.5. The van der Waals surface area contributed by atoms with Crippen molar-refractivity contribution in [2.45, 2.75) is 32.7 Å². The first-order chi connectivity index (χ1) is 17.2. The van der Waals surface area contributed by atoms with E-state index < -0.39 is 17.7 Å². The number of hydrogen-bond donors (Lipinski definition) is 2. The maximum atomic E-state index is 13.5. The summed E-state index contributed by atoms with van der Waals surface area (Å²) >= 11 is 6.32. The first kappa shape index (κ1) is 25.0. The Kier molecular flexibility index (Phi) is 7.12. The normalized spacial score (nSPS) is 13.5. The van der Waals surface area contributed by atoms with Gasteiger partial charge in [-0.15, -0.1) is 0 Å². The lowest BCUT2D eigenvalue weighted by Crippen LogP contribution is -2.39. The van der Waals surface area contributed by atoms with E-state index in [0.717, 1.165) is 23.3 Å². The predicted octanol–water partition coefficient (Wildman–Crippen LogP) is 4.67. The molecule has 1 saturated carbocycles. The van der Waals surface area contributed by atoms with Gasteiger partial charge in [0.1, 0.15) is 5.15 Å². The van der Waals surface area contributed by atoms with E-state index in [1.165, 1.54) is 23.9 Å². The first-order valence-electron chi connectivity index (χ1n) is 11.3. The van der Waals surface area contributed by atoms with E-state index in [2.05, 4.69) is 15.3 Å². The molecule has 1 aliphatic rings. The molecule has 11 heteroatoms. The third-order valence-corrected chi connectivity index (χ3v) is 6.30. The third-order valence-electron chi connectivity index (χ3n) is 6.12. The molecule has 1 amide bonds. The molecule has 0 spiro atoms. The van der Waals surface area contributed by atoms with Gasteiger partial charge in [-0.25, -0.2) is 14.8 Å². The van der Waals surface area contributed by atoms with Crippen LogP contribution in [-0.2, 0) is 0 Å². The van der Waals surface area contributed by atoms with Crippen molar-refractivity contribution < 1.29 is 14.6 Å². The highest BCUT2D eigenvalue weighted by Crippen LogP contribution is 2.40. The van der Waals surface area contributed by atoms with Gasteiger partial charge in [-0.05, 0) is 56.9 Å². The van der Waals surface area contributed by atoms with Gasteiger partial charge in [0, 0.05) is 17.4 Å². The van der Waals surface area contributed by atoms with Crippen molar-refractivity contribution in [1.29, 1.82) is 5.26 Å². The van der Waals surface area contributed by atoms with Gasteiger partial charge in [-0.3, -0.25) is 9.69 Å². The van der Waals surface area contributed by atoms with Crippen molar-refractivity contribution in [3.63, 3.8) is 0 Å². The highest BCUT2D eigenvalue weighted by atomic mass is 35.5. The second kappa shape index (κ2) is 10.3. The number of hydrogen-bond acceptors (Lipinski definition) is 7. The van der Waals surface area contributed by atoms with E-state index in [4.69, 9.17) is 16.3 Å². The Hall–Kier alpha value is -4.10. The van der Waals surface area contributed by atoms with Crippen LogP contribution in [0.1, 0.15) is 35.7 Å². The Bertz CT molecular complexity index is 1410. The Morgan fingerprint density at radius 2 is 2.11 bits per heavy atom. The fourth-order valence-corrected chi connectivity index (χ4v) is 4.31. The number of carbonyl (C=O) groups is 1. The summed E-state index contributed by atoms with van der Waals surface area (Å²) in [5, 5.41) is 22.3. The average Bonchev–Trinajstić information content (AvgIpc) is 3.69. The number of rotatable bonds is 8. The van der Waals surface area contributed by atoms with Crippen LogP contribution in [-0.4, -0.2) is 39.4 Å². The van der Waals surface area contributed by atoms with Gasteiger partial charge in [0.25, 0.3) is 5.56 Å². The summed E-state index contributed by atoms with van der Waals surface area (Å²) in [6, 6.07) is 9.71. The van der Waals surface area contributed by atoms with Crippen LogP contribution in [0, 0.1) is 31.1 Å². The molecule has 36 heavy (non-hydrogen) atoms. The molecule has 4 rings (SSSR count). The molecular formula is C25H25ClN6O4. The van der Waals surface area contributed by atoms with Gasteiger partial charge in [-0.2, -0.15) is 5.26 Å². The number of ether oxygens (including phenoxy) is 1. The Morgan fingerprint density at radius 1 is 1.36 bits per heavy atom. The topological polar surface area (TPSA) is 133 Å². The highest BCUT2D eigenvalue weighted by Gasteiger charge is 2.36. The maximum Gasteiger partial charge on any atom is 0.411 e. The molecule has 2 aromatic heterocycles. The van der Waals surface area contributed by atoms with Crippen LogP contribution in [0.25, 0.3) is 0 Å². The Morgan fingerprint density at radius 3 is 2.75 bits per heavy atom. The fraction of sp³-hybridized carbons (Fsp3) is 0.320. The summed E-state index contributed by atoms with van der Waals surface area (Å²) in [5.41, 5.74) is 2.24. The van der Waals surface area contributed by atoms with E-state index in [1.807, 2.05) is 13.0 Å². The molecule has 2 heterocycles. The number of nitrogens with zero attached hydrogens (tertiary/aromatic N) is 5. The second-order valence-corrected chi connectivity index (χ2v) is 9.04. The number of carboxylic acid groups (broad SMARTS) is 1. The van der Waals surface area contributed by atoms with Gasteiger partial charge < -0.3 is 19.7 Å². The van der Waals surface area contributed by atoms with Gasteiger partial charge in [-0.1, -0.05) is 17.7 Å². The summed E-state index contributed by atoms with van der Waals surface area (Å²) in [6.07, 6.45) is 1.96. The predicted molar refractivity (Wildman–Crippen MR) is 135 cm³/mol. The van der Waals surface area contributed by atoms with Gasteiger partial charge in [0.2, 0.25) is 5.88 Å². The standard InChI is InChI=1S/C25H25ClN6O4/c1-14-9-19(15(2)28-23(14)36-3)29-22-24(33)32(13-21(26)30-22)20(17-7-8-17)12-31(25(34)35)18-6-4-5-16(10-18)11-27/h4-6,9-10,13,17,20H,7-8,12H2,1-3H3,(H,29,30)(H,34,35)/t20-/m1/s1. The van der Waals surface area contributed by atoms with Crippen LogP contribution < -0.4 is 20.5 Å². The van der Waals surface area contributed by atoms with Crippen LogP contribution >= 0.6 is 11.6 Å². The van der Waals surface area contributed by atoms with E-state index in [-0.39, 0.29) is 23.4 Å². The zero-order chi connectivity index (χ0) is 26.0. The lowest BCUT2D eigenvalue weighted by molar-refractivity contribution is 0.200. The van der Waals surface area contributed by atoms with E-state index in [0.29, 0.717) is 28.5 Å². The lowest BCUT2D eigenvalue weighted by Gasteiger charge is -2.27. The molecule has 1 aliphatic carbocycles. The van der Waals surface area contributed by atoms with E-state index in [1.54, 1.807) is 31.2 Å². The van der Waals surface area contributed by atoms with Crippen LogP contribution in [0.15, 0.2) is 41.3 Å². The molecule has 2 N–H and O–H groups in total. The molecule has 1 fully saturated rings. The Labute approximate surface area is 212 Å². The zero-order valence-electron chi connectivity index (χ0n) is 20.0. The van der Waals surface area contributed by atoms with Crippen LogP contribution in [0.4, 0.5) is 22.0 Å². The number of amides is 1. The van der Waals surface area contributed by atoms with E-state index >= 15 is 0 Å². The fourth-order valence-electron chi connectivity index (χ4n) is 4.12. The largest absolute Gasteiger partial charge is 0.481 e. The minimum Gasteiger partial charge on any atom is -0.481 e. The second-order valence-electron chi connectivity index (χ2n) is 8.66. The third kappa shape index (κ3) is 5.26. The zero-order valence-corrected chi connectivity index (χ0v) is 20.8. The minimum atomic E-state index is -1.18. The van der Waals surface area contributed by atoms with E-state index in [9.17, 15) is 20.0 Å². The number of benzene rings is 1. The molecular weight excluding hydrogens is 484 g/mol. The van der Waals surface area contributed by atoms with Crippen molar-refractivity contribution in [2.24, 2.45) is 5.92 Å². The van der Waals surface area contributed by atoms with Crippen molar-refractivity contribution in [3.8, 4) is 11.9 Å². The van der Waals surface area contributed by atoms with Crippen molar-refractivity contribution in [1.82, 2.24) is 14.5 Å². The minimum absolute atomic E-state index is 0.0102. The van der Waals surface area contributed by atoms with Crippen molar-refractivity contribution >= 4 is 34.9 Å². The molecule has 0 bridgehead atoms. The van der Waals surface area contributed by atoms with Crippen LogP contribution in [0.2, 0.25) is 5.15 Å². The molecule has 186 valence electrons. The first-order valence-corrected chi connectivity index (χ1v) is 11.7. The number of aryl methyl sites for hydroxylation is 2.